The van der Waals surface area contributed by atoms with E-state index in [-0.39, 0.29) is 5.92 Å². The van der Waals surface area contributed by atoms with Crippen molar-refractivity contribution in [1.82, 2.24) is 4.98 Å². The monoisotopic (exact) mass is 387 g/mol. The number of hydrogen-bond donors (Lipinski definition) is 1. The second-order valence-corrected chi connectivity index (χ2v) is 7.59. The van der Waals surface area contributed by atoms with Crippen LogP contribution >= 0.6 is 0 Å². The number of carbonyl (C=O) groups is 1. The highest BCUT2D eigenvalue weighted by Crippen LogP contribution is 2.26. The number of nitrogens with zero attached hydrogens (tertiary/aromatic N) is 1. The van der Waals surface area contributed by atoms with Gasteiger partial charge in [-0.2, -0.15) is 0 Å². The molecule has 1 fully saturated rings. The molecule has 2 heterocycles. The van der Waals surface area contributed by atoms with Crippen LogP contribution in [0.2, 0.25) is 0 Å². The second kappa shape index (κ2) is 8.88. The van der Waals surface area contributed by atoms with Gasteiger partial charge in [-0.1, -0.05) is 31.0 Å². The maximum absolute atomic E-state index is 11.1. The van der Waals surface area contributed by atoms with Gasteiger partial charge >= 0.3 is 5.97 Å². The zero-order valence-electron chi connectivity index (χ0n) is 16.9. The van der Waals surface area contributed by atoms with Crippen molar-refractivity contribution in [3.63, 3.8) is 0 Å². The third kappa shape index (κ3) is 4.80. The van der Waals surface area contributed by atoms with E-state index in [9.17, 15) is 4.79 Å². The number of unbranched alkanes of at least 4 members (excludes halogenated alkanes) is 1. The Morgan fingerprint density at radius 3 is 2.50 bits per heavy atom. The molecular formula is C22H29NO5. The lowest BCUT2D eigenvalue weighted by atomic mass is 10.0. The van der Waals surface area contributed by atoms with Crippen molar-refractivity contribution in [1.29, 1.82) is 0 Å². The molecule has 0 saturated carbocycles. The van der Waals surface area contributed by atoms with Crippen LogP contribution in [0.3, 0.4) is 0 Å². The Labute approximate surface area is 165 Å². The fourth-order valence-electron chi connectivity index (χ4n) is 3.33. The summed E-state index contributed by atoms with van der Waals surface area (Å²) in [6.45, 7) is 6.44. The highest BCUT2D eigenvalue weighted by Gasteiger charge is 2.40. The van der Waals surface area contributed by atoms with Crippen LogP contribution < -0.4 is 0 Å². The zero-order chi connectivity index (χ0) is 20.1. The number of aliphatic carboxylic acids is 1. The molecule has 28 heavy (non-hydrogen) atoms. The van der Waals surface area contributed by atoms with Gasteiger partial charge in [0.2, 0.25) is 5.89 Å². The van der Waals surface area contributed by atoms with Crippen LogP contribution in [-0.4, -0.2) is 35.1 Å². The van der Waals surface area contributed by atoms with Crippen molar-refractivity contribution in [2.45, 2.75) is 58.7 Å². The maximum Gasteiger partial charge on any atom is 0.364 e. The van der Waals surface area contributed by atoms with E-state index in [4.69, 9.17) is 24.0 Å². The molecule has 1 aliphatic heterocycles. The third-order valence-electron chi connectivity index (χ3n) is 5.25. The SMILES string of the molecule is CCc1oc(-c2ccc(C)cc2)nc1CCCCC1COC(C)(C(=O)O)OC1. The molecule has 6 heteroatoms. The first-order chi connectivity index (χ1) is 13.4. The van der Waals surface area contributed by atoms with Crippen LogP contribution in [0, 0.1) is 12.8 Å². The van der Waals surface area contributed by atoms with Gasteiger partial charge in [0.05, 0.1) is 18.9 Å². The van der Waals surface area contributed by atoms with Crippen LogP contribution in [0.15, 0.2) is 28.7 Å². The quantitative estimate of drug-likeness (QED) is 0.677. The van der Waals surface area contributed by atoms with Crippen LogP contribution in [0.25, 0.3) is 11.5 Å². The lowest BCUT2D eigenvalue weighted by molar-refractivity contribution is -0.271. The van der Waals surface area contributed by atoms with Gasteiger partial charge in [-0.05, 0) is 38.3 Å². The van der Waals surface area contributed by atoms with Crippen LogP contribution in [-0.2, 0) is 27.1 Å². The lowest BCUT2D eigenvalue weighted by Gasteiger charge is -2.34. The summed E-state index contributed by atoms with van der Waals surface area (Å²) in [4.78, 5) is 15.8. The summed E-state index contributed by atoms with van der Waals surface area (Å²) in [6, 6.07) is 8.21. The molecule has 1 aromatic carbocycles. The van der Waals surface area contributed by atoms with Gasteiger partial charge in [-0.15, -0.1) is 0 Å². The molecular weight excluding hydrogens is 358 g/mol. The van der Waals surface area contributed by atoms with Gasteiger partial charge in [0.25, 0.3) is 5.79 Å². The number of oxazole rings is 1. The summed E-state index contributed by atoms with van der Waals surface area (Å²) in [5, 5.41) is 9.11. The first-order valence-corrected chi connectivity index (χ1v) is 9.98. The number of ether oxygens (including phenoxy) is 2. The largest absolute Gasteiger partial charge is 0.477 e. The Morgan fingerprint density at radius 1 is 1.21 bits per heavy atom. The number of carboxylic acids is 1. The fourth-order valence-corrected chi connectivity index (χ4v) is 3.33. The summed E-state index contributed by atoms with van der Waals surface area (Å²) in [5.41, 5.74) is 3.25. The molecule has 1 saturated heterocycles. The minimum Gasteiger partial charge on any atom is -0.477 e. The van der Waals surface area contributed by atoms with Gasteiger partial charge in [0.1, 0.15) is 5.76 Å². The molecule has 1 aromatic heterocycles. The average Bonchev–Trinajstić information content (AvgIpc) is 3.10. The number of aryl methyl sites for hydroxylation is 3. The van der Waals surface area contributed by atoms with Crippen LogP contribution in [0.1, 0.15) is 50.1 Å². The summed E-state index contributed by atoms with van der Waals surface area (Å²) in [6.07, 6.45) is 4.66. The number of aromatic nitrogens is 1. The zero-order valence-corrected chi connectivity index (χ0v) is 16.9. The molecule has 0 atom stereocenters. The predicted molar refractivity (Wildman–Crippen MR) is 105 cm³/mol. The molecule has 1 aliphatic rings. The van der Waals surface area contributed by atoms with E-state index in [1.807, 2.05) is 12.1 Å². The first-order valence-electron chi connectivity index (χ1n) is 9.98. The molecule has 0 radical (unpaired) electrons. The Hall–Kier alpha value is -2.18. The van der Waals surface area contributed by atoms with Crippen molar-refractivity contribution >= 4 is 5.97 Å². The number of hydrogen-bond acceptors (Lipinski definition) is 5. The number of carboxylic acid groups (broad SMARTS) is 1. The minimum atomic E-state index is -1.50. The second-order valence-electron chi connectivity index (χ2n) is 7.59. The fraction of sp³-hybridized carbons (Fsp3) is 0.545. The third-order valence-corrected chi connectivity index (χ3v) is 5.25. The molecule has 3 rings (SSSR count). The van der Waals surface area contributed by atoms with Gasteiger partial charge in [0, 0.05) is 24.8 Å². The smallest absolute Gasteiger partial charge is 0.364 e. The van der Waals surface area contributed by atoms with E-state index in [0.29, 0.717) is 19.1 Å². The van der Waals surface area contributed by atoms with Crippen molar-refractivity contribution in [2.75, 3.05) is 13.2 Å². The van der Waals surface area contributed by atoms with E-state index in [1.165, 1.54) is 12.5 Å². The van der Waals surface area contributed by atoms with Gasteiger partial charge in [-0.25, -0.2) is 9.78 Å². The molecule has 2 aromatic rings. The Kier molecular flexibility index (Phi) is 6.52. The summed E-state index contributed by atoms with van der Waals surface area (Å²) < 4.78 is 16.8. The summed E-state index contributed by atoms with van der Waals surface area (Å²) >= 11 is 0. The Morgan fingerprint density at radius 2 is 1.89 bits per heavy atom. The molecule has 0 bridgehead atoms. The molecule has 152 valence electrons. The molecule has 0 amide bonds. The lowest BCUT2D eigenvalue weighted by Crippen LogP contribution is -2.47. The molecule has 0 spiro atoms. The molecule has 0 unspecified atom stereocenters. The van der Waals surface area contributed by atoms with Crippen LogP contribution in [0.5, 0.6) is 0 Å². The van der Waals surface area contributed by atoms with E-state index >= 15 is 0 Å². The van der Waals surface area contributed by atoms with Gasteiger partial charge in [0.15, 0.2) is 0 Å². The average molecular weight is 387 g/mol. The highest BCUT2D eigenvalue weighted by atomic mass is 16.7. The maximum atomic E-state index is 11.1. The summed E-state index contributed by atoms with van der Waals surface area (Å²) in [5.74, 6) is -0.697. The van der Waals surface area contributed by atoms with Crippen LogP contribution in [0.4, 0.5) is 0 Å². The Bertz CT molecular complexity index is 788. The highest BCUT2D eigenvalue weighted by molar-refractivity contribution is 5.75. The van der Waals surface area contributed by atoms with E-state index < -0.39 is 11.8 Å². The van der Waals surface area contributed by atoms with Gasteiger partial charge < -0.3 is 19.0 Å². The predicted octanol–water partition coefficient (Wildman–Crippen LogP) is 4.39. The van der Waals surface area contributed by atoms with E-state index in [1.54, 1.807) is 0 Å². The van der Waals surface area contributed by atoms with Crippen molar-refractivity contribution in [3.8, 4) is 11.5 Å². The van der Waals surface area contributed by atoms with E-state index in [2.05, 4.69) is 26.0 Å². The normalized spacial score (nSPS) is 22.3. The standard InChI is InChI=1S/C22H29NO5/c1-4-19-18(23-20(28-19)17-11-9-15(2)10-12-17)8-6-5-7-16-13-26-22(3,21(24)25)27-14-16/h9-12,16H,4-8,13-14H2,1-3H3,(H,24,25). The summed E-state index contributed by atoms with van der Waals surface area (Å²) in [7, 11) is 0. The number of rotatable bonds is 8. The molecule has 1 N–H and O–H groups in total. The minimum absolute atomic E-state index is 0.235. The van der Waals surface area contributed by atoms with E-state index in [0.717, 1.165) is 49.1 Å². The first kappa shape index (κ1) is 20.6. The Balaban J connectivity index is 1.49. The molecule has 6 nitrogen and oxygen atoms in total. The number of benzene rings is 1. The molecule has 0 aliphatic carbocycles. The van der Waals surface area contributed by atoms with Crippen molar-refractivity contribution in [3.05, 3.63) is 41.3 Å². The van der Waals surface area contributed by atoms with Crippen molar-refractivity contribution in [2.24, 2.45) is 5.92 Å². The topological polar surface area (TPSA) is 81.8 Å². The van der Waals surface area contributed by atoms with Gasteiger partial charge in [-0.3, -0.25) is 0 Å². The van der Waals surface area contributed by atoms with Crippen molar-refractivity contribution < 1.29 is 23.8 Å².